The molecule has 0 radical (unpaired) electrons. The largest absolute Gasteiger partial charge is 0.494 e. The molecule has 82 valence electrons. The number of ether oxygens (including phenoxy) is 2. The van der Waals surface area contributed by atoms with E-state index in [2.05, 4.69) is 4.98 Å². The molecule has 1 rings (SSSR count). The van der Waals surface area contributed by atoms with Crippen molar-refractivity contribution in [1.82, 2.24) is 4.98 Å². The summed E-state index contributed by atoms with van der Waals surface area (Å²) in [5, 5.41) is 0. The summed E-state index contributed by atoms with van der Waals surface area (Å²) in [4.78, 5) is 15.9. The number of hydrogen-bond acceptors (Lipinski definition) is 4. The summed E-state index contributed by atoms with van der Waals surface area (Å²) < 4.78 is 10.1. The number of ketones is 1. The lowest BCUT2D eigenvalue weighted by molar-refractivity contribution is 0.0587. The number of Topliss-reactive ketones (excluding diaryl/α,β-unsaturated/α-hetero) is 1. The van der Waals surface area contributed by atoms with E-state index in [4.69, 9.17) is 9.47 Å². The molecular formula is C11H15NO3. The molecule has 0 aliphatic heterocycles. The van der Waals surface area contributed by atoms with Crippen molar-refractivity contribution < 1.29 is 14.3 Å². The Labute approximate surface area is 89.2 Å². The maximum Gasteiger partial charge on any atom is 0.213 e. The summed E-state index contributed by atoms with van der Waals surface area (Å²) in [5.41, 5.74) is 0.328. The lowest BCUT2D eigenvalue weighted by Crippen LogP contribution is -2.23. The van der Waals surface area contributed by atoms with E-state index in [1.165, 1.54) is 14.2 Å². The first kappa shape index (κ1) is 11.7. The van der Waals surface area contributed by atoms with Crippen LogP contribution in [0.1, 0.15) is 23.8 Å². The molecule has 0 aliphatic rings. The minimum absolute atomic E-state index is 0.141. The van der Waals surface area contributed by atoms with Crippen LogP contribution in [0.25, 0.3) is 0 Å². The van der Waals surface area contributed by atoms with Gasteiger partial charge in [0.15, 0.2) is 5.69 Å². The molecule has 1 heterocycles. The van der Waals surface area contributed by atoms with Crippen molar-refractivity contribution in [2.75, 3.05) is 14.2 Å². The van der Waals surface area contributed by atoms with Gasteiger partial charge in [-0.1, -0.05) is 6.92 Å². The van der Waals surface area contributed by atoms with Gasteiger partial charge >= 0.3 is 0 Å². The van der Waals surface area contributed by atoms with Gasteiger partial charge in [-0.15, -0.1) is 0 Å². The molecular weight excluding hydrogens is 194 g/mol. The van der Waals surface area contributed by atoms with Gasteiger partial charge in [-0.2, -0.15) is 0 Å². The van der Waals surface area contributed by atoms with Crippen LogP contribution in [0.3, 0.4) is 0 Å². The summed E-state index contributed by atoms with van der Waals surface area (Å²) in [5.74, 6) is 0.343. The molecule has 0 fully saturated rings. The number of nitrogens with zero attached hydrogens (tertiary/aromatic N) is 1. The van der Waals surface area contributed by atoms with Gasteiger partial charge in [0.2, 0.25) is 5.78 Å². The number of hydrogen-bond donors (Lipinski definition) is 0. The van der Waals surface area contributed by atoms with Crippen molar-refractivity contribution in [2.24, 2.45) is 0 Å². The number of rotatable bonds is 5. The van der Waals surface area contributed by atoms with Crippen LogP contribution in [0.5, 0.6) is 5.75 Å². The van der Waals surface area contributed by atoms with Crippen molar-refractivity contribution in [3.63, 3.8) is 0 Å². The fourth-order valence-electron chi connectivity index (χ4n) is 1.35. The number of aromatic nitrogens is 1. The van der Waals surface area contributed by atoms with Crippen LogP contribution in [-0.2, 0) is 4.74 Å². The van der Waals surface area contributed by atoms with Crippen molar-refractivity contribution in [1.29, 1.82) is 0 Å². The van der Waals surface area contributed by atoms with E-state index in [1.807, 2.05) is 6.92 Å². The molecule has 0 amide bonds. The van der Waals surface area contributed by atoms with Crippen LogP contribution in [0.4, 0.5) is 0 Å². The van der Waals surface area contributed by atoms with Gasteiger partial charge in [0, 0.05) is 13.3 Å². The van der Waals surface area contributed by atoms with Crippen LogP contribution in [0, 0.1) is 0 Å². The zero-order chi connectivity index (χ0) is 11.3. The number of pyridine rings is 1. The minimum Gasteiger partial charge on any atom is -0.494 e. The molecule has 0 saturated heterocycles. The molecule has 1 aromatic rings. The van der Waals surface area contributed by atoms with Gasteiger partial charge < -0.3 is 9.47 Å². The van der Waals surface area contributed by atoms with E-state index >= 15 is 0 Å². The fourth-order valence-corrected chi connectivity index (χ4v) is 1.35. The van der Waals surface area contributed by atoms with Gasteiger partial charge in [0.1, 0.15) is 11.9 Å². The SMILES string of the molecule is CCC(OC)C(=O)c1ncccc1OC. The first-order valence-electron chi connectivity index (χ1n) is 4.80. The summed E-state index contributed by atoms with van der Waals surface area (Å²) in [7, 11) is 3.03. The Kier molecular flexibility index (Phi) is 4.24. The lowest BCUT2D eigenvalue weighted by atomic mass is 10.1. The summed E-state index contributed by atoms with van der Waals surface area (Å²) >= 11 is 0. The van der Waals surface area contributed by atoms with Gasteiger partial charge in [-0.25, -0.2) is 4.98 Å². The average Bonchev–Trinajstić information content (AvgIpc) is 2.30. The normalized spacial score (nSPS) is 12.2. The topological polar surface area (TPSA) is 48.4 Å². The third kappa shape index (κ3) is 2.53. The maximum absolute atomic E-state index is 11.9. The van der Waals surface area contributed by atoms with E-state index < -0.39 is 6.10 Å². The smallest absolute Gasteiger partial charge is 0.213 e. The molecule has 0 saturated carbocycles. The highest BCUT2D eigenvalue weighted by Gasteiger charge is 2.22. The fraction of sp³-hybridized carbons (Fsp3) is 0.455. The molecule has 15 heavy (non-hydrogen) atoms. The second-order valence-electron chi connectivity index (χ2n) is 3.05. The number of carbonyl (C=O) groups excluding carboxylic acids is 1. The Morgan fingerprint density at radius 1 is 1.53 bits per heavy atom. The number of carbonyl (C=O) groups is 1. The molecule has 4 nitrogen and oxygen atoms in total. The second-order valence-corrected chi connectivity index (χ2v) is 3.05. The van der Waals surface area contributed by atoms with Crippen LogP contribution in [0.2, 0.25) is 0 Å². The van der Waals surface area contributed by atoms with Crippen LogP contribution < -0.4 is 4.74 Å². The summed E-state index contributed by atoms with van der Waals surface area (Å²) in [6.07, 6.45) is 1.74. The van der Waals surface area contributed by atoms with Crippen LogP contribution >= 0.6 is 0 Å². The third-order valence-corrected chi connectivity index (χ3v) is 2.17. The second kappa shape index (κ2) is 5.46. The number of methoxy groups -OCH3 is 2. The predicted octanol–water partition coefficient (Wildman–Crippen LogP) is 1.70. The van der Waals surface area contributed by atoms with Crippen LogP contribution in [0.15, 0.2) is 18.3 Å². The summed E-state index contributed by atoms with van der Waals surface area (Å²) in [6, 6.07) is 3.44. The molecule has 0 bridgehead atoms. The van der Waals surface area contributed by atoms with Gasteiger partial charge in [0.25, 0.3) is 0 Å². The Bertz CT molecular complexity index is 334. The quantitative estimate of drug-likeness (QED) is 0.692. The van der Waals surface area contributed by atoms with E-state index in [0.29, 0.717) is 17.9 Å². The molecule has 0 spiro atoms. The van der Waals surface area contributed by atoms with Crippen molar-refractivity contribution in [3.05, 3.63) is 24.0 Å². The summed E-state index contributed by atoms with van der Waals surface area (Å²) in [6.45, 7) is 1.89. The Morgan fingerprint density at radius 2 is 2.27 bits per heavy atom. The first-order valence-corrected chi connectivity index (χ1v) is 4.80. The zero-order valence-corrected chi connectivity index (χ0v) is 9.19. The van der Waals surface area contributed by atoms with E-state index in [-0.39, 0.29) is 5.78 Å². The molecule has 4 heteroatoms. The first-order chi connectivity index (χ1) is 7.24. The Morgan fingerprint density at radius 3 is 2.80 bits per heavy atom. The van der Waals surface area contributed by atoms with E-state index in [0.717, 1.165) is 0 Å². The van der Waals surface area contributed by atoms with Crippen molar-refractivity contribution >= 4 is 5.78 Å². The van der Waals surface area contributed by atoms with Gasteiger partial charge in [0.05, 0.1) is 7.11 Å². The van der Waals surface area contributed by atoms with E-state index in [1.54, 1.807) is 18.3 Å². The van der Waals surface area contributed by atoms with Gasteiger partial charge in [-0.05, 0) is 18.6 Å². The molecule has 1 aromatic heterocycles. The highest BCUT2D eigenvalue weighted by atomic mass is 16.5. The lowest BCUT2D eigenvalue weighted by Gasteiger charge is -2.12. The minimum atomic E-state index is -0.450. The highest BCUT2D eigenvalue weighted by Crippen LogP contribution is 2.18. The molecule has 0 aliphatic carbocycles. The third-order valence-electron chi connectivity index (χ3n) is 2.17. The highest BCUT2D eigenvalue weighted by molar-refractivity contribution is 5.99. The Hall–Kier alpha value is -1.42. The van der Waals surface area contributed by atoms with Crippen LogP contribution in [-0.4, -0.2) is 31.1 Å². The van der Waals surface area contributed by atoms with E-state index in [9.17, 15) is 4.79 Å². The molecule has 0 aromatic carbocycles. The monoisotopic (exact) mass is 209 g/mol. The van der Waals surface area contributed by atoms with Crippen molar-refractivity contribution in [2.45, 2.75) is 19.4 Å². The maximum atomic E-state index is 11.9. The van der Waals surface area contributed by atoms with Gasteiger partial charge in [-0.3, -0.25) is 4.79 Å². The standard InChI is InChI=1S/C11H15NO3/c1-4-8(14-2)11(13)10-9(15-3)6-5-7-12-10/h5-8H,4H2,1-3H3. The zero-order valence-electron chi connectivity index (χ0n) is 9.19. The average molecular weight is 209 g/mol. The predicted molar refractivity (Wildman–Crippen MR) is 56.2 cm³/mol. The molecule has 0 N–H and O–H groups in total. The Balaban J connectivity index is 2.99. The molecule has 1 atom stereocenters. The molecule has 1 unspecified atom stereocenters. The van der Waals surface area contributed by atoms with Crippen molar-refractivity contribution in [3.8, 4) is 5.75 Å².